The number of carboxylic acids is 1. The van der Waals surface area contributed by atoms with Gasteiger partial charge in [-0.1, -0.05) is 6.07 Å². The van der Waals surface area contributed by atoms with Crippen molar-refractivity contribution >= 4 is 5.97 Å². The number of aromatic nitrogens is 2. The zero-order valence-electron chi connectivity index (χ0n) is 8.19. The second kappa shape index (κ2) is 3.57. The third kappa shape index (κ3) is 1.88. The van der Waals surface area contributed by atoms with Crippen LogP contribution in [0, 0.1) is 6.92 Å². The molecule has 0 radical (unpaired) electrons. The monoisotopic (exact) mass is 202 g/mol. The zero-order chi connectivity index (χ0) is 10.8. The van der Waals surface area contributed by atoms with E-state index in [1.54, 1.807) is 18.5 Å². The predicted molar refractivity (Wildman–Crippen MR) is 55.7 cm³/mol. The second-order valence-electron chi connectivity index (χ2n) is 3.30. The van der Waals surface area contributed by atoms with Crippen LogP contribution in [-0.4, -0.2) is 21.0 Å². The minimum absolute atomic E-state index is 0.186. The van der Waals surface area contributed by atoms with E-state index in [1.165, 1.54) is 0 Å². The number of rotatable bonds is 2. The standard InChI is InChI=1S/C11H10N2O2/c1-7-2-3-8(5-12-7)9-4-10(11(14)15)13-6-9/h2-6,13H,1H3,(H,14,15). The molecule has 2 rings (SSSR count). The van der Waals surface area contributed by atoms with Crippen LogP contribution in [0.1, 0.15) is 16.2 Å². The van der Waals surface area contributed by atoms with Crippen molar-refractivity contribution in [1.82, 2.24) is 9.97 Å². The van der Waals surface area contributed by atoms with E-state index in [9.17, 15) is 4.79 Å². The molecule has 0 unspecified atom stereocenters. The number of H-pyrrole nitrogens is 1. The number of carboxylic acid groups (broad SMARTS) is 1. The molecule has 0 aromatic carbocycles. The van der Waals surface area contributed by atoms with Crippen molar-refractivity contribution < 1.29 is 9.90 Å². The van der Waals surface area contributed by atoms with Gasteiger partial charge in [-0.25, -0.2) is 4.79 Å². The molecular weight excluding hydrogens is 192 g/mol. The fourth-order valence-corrected chi connectivity index (χ4v) is 1.32. The molecule has 0 spiro atoms. The molecule has 2 N–H and O–H groups in total. The lowest BCUT2D eigenvalue weighted by atomic mass is 10.1. The fraction of sp³-hybridized carbons (Fsp3) is 0.0909. The maximum atomic E-state index is 10.7. The molecular formula is C11H10N2O2. The highest BCUT2D eigenvalue weighted by molar-refractivity contribution is 5.87. The summed E-state index contributed by atoms with van der Waals surface area (Å²) in [6.45, 7) is 1.91. The van der Waals surface area contributed by atoms with Gasteiger partial charge in [0.15, 0.2) is 0 Å². The van der Waals surface area contributed by atoms with Crippen LogP contribution in [0.4, 0.5) is 0 Å². The van der Waals surface area contributed by atoms with Gasteiger partial charge in [0, 0.05) is 29.2 Å². The molecule has 0 aliphatic heterocycles. The van der Waals surface area contributed by atoms with Gasteiger partial charge in [0.2, 0.25) is 0 Å². The lowest BCUT2D eigenvalue weighted by molar-refractivity contribution is 0.0691. The first-order chi connectivity index (χ1) is 7.16. The molecule has 0 saturated carbocycles. The van der Waals surface area contributed by atoms with E-state index in [0.29, 0.717) is 0 Å². The van der Waals surface area contributed by atoms with Crippen LogP contribution in [0.15, 0.2) is 30.6 Å². The Hall–Kier alpha value is -2.10. The van der Waals surface area contributed by atoms with Gasteiger partial charge in [-0.15, -0.1) is 0 Å². The van der Waals surface area contributed by atoms with Gasteiger partial charge in [-0.2, -0.15) is 0 Å². The van der Waals surface area contributed by atoms with Crippen LogP contribution < -0.4 is 0 Å². The Labute approximate surface area is 86.6 Å². The number of hydrogen-bond acceptors (Lipinski definition) is 2. The number of hydrogen-bond donors (Lipinski definition) is 2. The van der Waals surface area contributed by atoms with Gasteiger partial charge >= 0.3 is 5.97 Å². The summed E-state index contributed by atoms with van der Waals surface area (Å²) in [6.07, 6.45) is 3.39. The molecule has 2 aromatic heterocycles. The number of aromatic carboxylic acids is 1. The molecule has 0 atom stereocenters. The van der Waals surface area contributed by atoms with E-state index in [1.807, 2.05) is 19.1 Å². The molecule has 2 aromatic rings. The van der Waals surface area contributed by atoms with Gasteiger partial charge in [-0.05, 0) is 19.1 Å². The molecule has 0 aliphatic carbocycles. The predicted octanol–water partition coefficient (Wildman–Crippen LogP) is 2.08. The lowest BCUT2D eigenvalue weighted by Crippen LogP contribution is -1.94. The van der Waals surface area contributed by atoms with Gasteiger partial charge in [0.1, 0.15) is 5.69 Å². The van der Waals surface area contributed by atoms with E-state index in [4.69, 9.17) is 5.11 Å². The molecule has 4 nitrogen and oxygen atoms in total. The van der Waals surface area contributed by atoms with Crippen LogP contribution >= 0.6 is 0 Å². The molecule has 0 saturated heterocycles. The van der Waals surface area contributed by atoms with Crippen molar-refractivity contribution in [2.24, 2.45) is 0 Å². The van der Waals surface area contributed by atoms with E-state index in [-0.39, 0.29) is 5.69 Å². The summed E-state index contributed by atoms with van der Waals surface area (Å²) in [7, 11) is 0. The molecule has 4 heteroatoms. The minimum atomic E-state index is -0.957. The Kier molecular flexibility index (Phi) is 2.25. The van der Waals surface area contributed by atoms with Crippen LogP contribution in [0.5, 0.6) is 0 Å². The highest BCUT2D eigenvalue weighted by atomic mass is 16.4. The maximum Gasteiger partial charge on any atom is 0.352 e. The van der Waals surface area contributed by atoms with E-state index in [0.717, 1.165) is 16.8 Å². The highest BCUT2D eigenvalue weighted by Gasteiger charge is 2.07. The second-order valence-corrected chi connectivity index (χ2v) is 3.30. The molecule has 2 heterocycles. The fourth-order valence-electron chi connectivity index (χ4n) is 1.32. The Bertz CT molecular complexity index is 486. The van der Waals surface area contributed by atoms with Crippen molar-refractivity contribution in [2.45, 2.75) is 6.92 Å². The summed E-state index contributed by atoms with van der Waals surface area (Å²) < 4.78 is 0. The van der Waals surface area contributed by atoms with Crippen molar-refractivity contribution in [2.75, 3.05) is 0 Å². The van der Waals surface area contributed by atoms with E-state index < -0.39 is 5.97 Å². The van der Waals surface area contributed by atoms with Gasteiger partial charge in [-0.3, -0.25) is 4.98 Å². The minimum Gasteiger partial charge on any atom is -0.477 e. The lowest BCUT2D eigenvalue weighted by Gasteiger charge is -1.96. The first-order valence-corrected chi connectivity index (χ1v) is 4.51. The first-order valence-electron chi connectivity index (χ1n) is 4.51. The highest BCUT2D eigenvalue weighted by Crippen LogP contribution is 2.19. The molecule has 0 amide bonds. The summed E-state index contributed by atoms with van der Waals surface area (Å²) >= 11 is 0. The van der Waals surface area contributed by atoms with Gasteiger partial charge in [0.25, 0.3) is 0 Å². The first kappa shape index (κ1) is 9.45. The smallest absolute Gasteiger partial charge is 0.352 e. The van der Waals surface area contributed by atoms with Crippen LogP contribution in [-0.2, 0) is 0 Å². The van der Waals surface area contributed by atoms with Crippen molar-refractivity contribution in [3.05, 3.63) is 42.0 Å². The van der Waals surface area contributed by atoms with E-state index >= 15 is 0 Å². The summed E-state index contributed by atoms with van der Waals surface area (Å²) in [5.41, 5.74) is 2.86. The average molecular weight is 202 g/mol. The van der Waals surface area contributed by atoms with Gasteiger partial charge < -0.3 is 10.1 Å². The Balaban J connectivity index is 2.37. The number of aromatic amines is 1. The number of carbonyl (C=O) groups is 1. The Morgan fingerprint density at radius 3 is 2.73 bits per heavy atom. The van der Waals surface area contributed by atoms with Crippen molar-refractivity contribution in [3.63, 3.8) is 0 Å². The normalized spacial score (nSPS) is 10.2. The topological polar surface area (TPSA) is 66.0 Å². The van der Waals surface area contributed by atoms with Crippen LogP contribution in [0.3, 0.4) is 0 Å². The molecule has 0 fully saturated rings. The van der Waals surface area contributed by atoms with Crippen LogP contribution in [0.25, 0.3) is 11.1 Å². The third-order valence-electron chi connectivity index (χ3n) is 2.16. The van der Waals surface area contributed by atoms with Crippen molar-refractivity contribution in [3.8, 4) is 11.1 Å². The number of aryl methyl sites for hydroxylation is 1. The summed E-state index contributed by atoms with van der Waals surface area (Å²) in [5.74, 6) is -0.957. The van der Waals surface area contributed by atoms with Gasteiger partial charge in [0.05, 0.1) is 0 Å². The zero-order valence-corrected chi connectivity index (χ0v) is 8.19. The summed E-state index contributed by atoms with van der Waals surface area (Å²) in [6, 6.07) is 5.40. The molecule has 15 heavy (non-hydrogen) atoms. The Morgan fingerprint density at radius 1 is 1.40 bits per heavy atom. The number of nitrogens with zero attached hydrogens (tertiary/aromatic N) is 1. The summed E-state index contributed by atoms with van der Waals surface area (Å²) in [4.78, 5) is 17.5. The maximum absolute atomic E-state index is 10.7. The number of pyridine rings is 1. The Morgan fingerprint density at radius 2 is 2.20 bits per heavy atom. The SMILES string of the molecule is Cc1ccc(-c2c[nH]c(C(=O)O)c2)cn1. The number of nitrogens with one attached hydrogen (secondary N) is 1. The summed E-state index contributed by atoms with van der Waals surface area (Å²) in [5, 5.41) is 8.74. The average Bonchev–Trinajstić information content (AvgIpc) is 2.68. The third-order valence-corrected chi connectivity index (χ3v) is 2.16. The van der Waals surface area contributed by atoms with Crippen molar-refractivity contribution in [1.29, 1.82) is 0 Å². The quantitative estimate of drug-likeness (QED) is 0.783. The van der Waals surface area contributed by atoms with Crippen LogP contribution in [0.2, 0.25) is 0 Å². The molecule has 76 valence electrons. The molecule has 0 bridgehead atoms. The van der Waals surface area contributed by atoms with E-state index in [2.05, 4.69) is 9.97 Å². The molecule has 0 aliphatic rings. The largest absolute Gasteiger partial charge is 0.477 e.